The second-order valence-corrected chi connectivity index (χ2v) is 7.18. The van der Waals surface area contributed by atoms with E-state index in [4.69, 9.17) is 0 Å². The molecule has 0 radical (unpaired) electrons. The fourth-order valence-electron chi connectivity index (χ4n) is 2.12. The molecule has 2 N–H and O–H groups in total. The zero-order chi connectivity index (χ0) is 18.6. The number of anilines is 1. The Morgan fingerprint density at radius 1 is 1.16 bits per heavy atom. The first kappa shape index (κ1) is 18.6. The van der Waals surface area contributed by atoms with E-state index < -0.39 is 14.9 Å². The number of sulfonamides is 1. The van der Waals surface area contributed by atoms with Gasteiger partial charge in [0.15, 0.2) is 0 Å². The number of nitro groups is 1. The summed E-state index contributed by atoms with van der Waals surface area (Å²) in [5.41, 5.74) is 1.42. The minimum Gasteiger partial charge on any atom is -0.326 e. The number of aryl methyl sites for hydroxylation is 1. The summed E-state index contributed by atoms with van der Waals surface area (Å²) in [5, 5.41) is 13.6. The van der Waals surface area contributed by atoms with Crippen molar-refractivity contribution >= 4 is 27.3 Å². The van der Waals surface area contributed by atoms with Crippen LogP contribution in [0.15, 0.2) is 47.4 Å². The summed E-state index contributed by atoms with van der Waals surface area (Å²) in [5.74, 6) is -0.200. The maximum atomic E-state index is 12.3. The summed E-state index contributed by atoms with van der Waals surface area (Å²) >= 11 is 0. The fourth-order valence-corrected chi connectivity index (χ4v) is 3.16. The average Bonchev–Trinajstić information content (AvgIpc) is 2.53. The SMILES string of the molecule is CC(=O)Nc1ccc(CNS(=O)(=O)c2ccc(C)c([N+](=O)[O-])c2)cc1. The molecule has 0 aliphatic carbocycles. The minimum atomic E-state index is -3.88. The molecule has 1 amide bonds. The number of amides is 1. The van der Waals surface area contributed by atoms with Crippen LogP contribution < -0.4 is 10.0 Å². The summed E-state index contributed by atoms with van der Waals surface area (Å²) in [6, 6.07) is 10.4. The molecule has 9 heteroatoms. The van der Waals surface area contributed by atoms with E-state index in [9.17, 15) is 23.3 Å². The molecule has 0 atom stereocenters. The van der Waals surface area contributed by atoms with Gasteiger partial charge in [-0.1, -0.05) is 18.2 Å². The van der Waals surface area contributed by atoms with Crippen molar-refractivity contribution in [3.8, 4) is 0 Å². The van der Waals surface area contributed by atoms with Gasteiger partial charge >= 0.3 is 0 Å². The van der Waals surface area contributed by atoms with Gasteiger partial charge in [-0.15, -0.1) is 0 Å². The van der Waals surface area contributed by atoms with E-state index in [0.29, 0.717) is 16.8 Å². The highest BCUT2D eigenvalue weighted by Crippen LogP contribution is 2.22. The lowest BCUT2D eigenvalue weighted by atomic mass is 10.2. The Morgan fingerprint density at radius 2 is 1.80 bits per heavy atom. The molecule has 132 valence electrons. The van der Waals surface area contributed by atoms with Crippen LogP contribution in [-0.2, 0) is 21.4 Å². The summed E-state index contributed by atoms with van der Waals surface area (Å²) < 4.78 is 27.0. The molecular weight excluding hydrogens is 346 g/mol. The summed E-state index contributed by atoms with van der Waals surface area (Å²) in [7, 11) is -3.88. The van der Waals surface area contributed by atoms with Gasteiger partial charge in [-0.05, 0) is 30.7 Å². The third kappa shape index (κ3) is 4.85. The number of hydrogen-bond acceptors (Lipinski definition) is 5. The van der Waals surface area contributed by atoms with E-state index in [1.54, 1.807) is 31.2 Å². The van der Waals surface area contributed by atoms with Gasteiger partial charge in [0.05, 0.1) is 9.82 Å². The van der Waals surface area contributed by atoms with Crippen LogP contribution in [-0.4, -0.2) is 19.2 Å². The molecule has 8 nitrogen and oxygen atoms in total. The second-order valence-electron chi connectivity index (χ2n) is 5.41. The zero-order valence-electron chi connectivity index (χ0n) is 13.6. The van der Waals surface area contributed by atoms with Gasteiger partial charge in [-0.3, -0.25) is 14.9 Å². The van der Waals surface area contributed by atoms with Gasteiger partial charge in [-0.2, -0.15) is 0 Å². The number of nitrogens with one attached hydrogen (secondary N) is 2. The molecule has 0 bridgehead atoms. The van der Waals surface area contributed by atoms with Crippen molar-refractivity contribution < 1.29 is 18.1 Å². The molecule has 25 heavy (non-hydrogen) atoms. The van der Waals surface area contributed by atoms with Crippen molar-refractivity contribution in [3.63, 3.8) is 0 Å². The average molecular weight is 363 g/mol. The number of nitro benzene ring substituents is 1. The Hall–Kier alpha value is -2.78. The lowest BCUT2D eigenvalue weighted by Gasteiger charge is -2.08. The standard InChI is InChI=1S/C16H17N3O5S/c1-11-3-8-15(9-16(11)19(21)22)25(23,24)17-10-13-4-6-14(7-5-13)18-12(2)20/h3-9,17H,10H2,1-2H3,(H,18,20). The quantitative estimate of drug-likeness (QED) is 0.603. The van der Waals surface area contributed by atoms with Crippen molar-refractivity contribution in [2.75, 3.05) is 5.32 Å². The third-order valence-corrected chi connectivity index (χ3v) is 4.83. The van der Waals surface area contributed by atoms with Gasteiger partial charge in [0.1, 0.15) is 0 Å². The molecule has 2 aromatic carbocycles. The number of benzene rings is 2. The number of rotatable bonds is 6. The van der Waals surface area contributed by atoms with E-state index in [0.717, 1.165) is 6.07 Å². The predicted molar refractivity (Wildman–Crippen MR) is 92.6 cm³/mol. The number of hydrogen-bond donors (Lipinski definition) is 2. The van der Waals surface area contributed by atoms with Gasteiger partial charge in [0.2, 0.25) is 15.9 Å². The Labute approximate surface area is 145 Å². The summed E-state index contributed by atoms with van der Waals surface area (Å²) in [4.78, 5) is 21.1. The van der Waals surface area contributed by atoms with Crippen LogP contribution in [0.2, 0.25) is 0 Å². The highest BCUT2D eigenvalue weighted by atomic mass is 32.2. The van der Waals surface area contributed by atoms with Crippen LogP contribution in [0.5, 0.6) is 0 Å². The molecule has 0 fully saturated rings. The van der Waals surface area contributed by atoms with Gasteiger partial charge in [0, 0.05) is 30.8 Å². The van der Waals surface area contributed by atoms with Crippen LogP contribution in [0.1, 0.15) is 18.1 Å². The monoisotopic (exact) mass is 363 g/mol. The normalized spacial score (nSPS) is 11.1. The van der Waals surface area contributed by atoms with Crippen molar-refractivity contribution in [2.45, 2.75) is 25.3 Å². The highest BCUT2D eigenvalue weighted by Gasteiger charge is 2.19. The molecule has 0 saturated heterocycles. The summed E-state index contributed by atoms with van der Waals surface area (Å²) in [6.45, 7) is 2.95. The van der Waals surface area contributed by atoms with Gasteiger partial charge in [-0.25, -0.2) is 13.1 Å². The van der Waals surface area contributed by atoms with Crippen LogP contribution in [0.3, 0.4) is 0 Å². The maximum absolute atomic E-state index is 12.3. The largest absolute Gasteiger partial charge is 0.326 e. The predicted octanol–water partition coefficient (Wildman–Crippen LogP) is 2.34. The molecule has 0 aliphatic rings. The number of nitrogens with zero attached hydrogens (tertiary/aromatic N) is 1. The third-order valence-electron chi connectivity index (χ3n) is 3.43. The smallest absolute Gasteiger partial charge is 0.273 e. The van der Waals surface area contributed by atoms with E-state index in [2.05, 4.69) is 10.0 Å². The van der Waals surface area contributed by atoms with Crippen LogP contribution in [0.4, 0.5) is 11.4 Å². The zero-order valence-corrected chi connectivity index (χ0v) is 14.5. The lowest BCUT2D eigenvalue weighted by molar-refractivity contribution is -0.385. The molecule has 0 saturated carbocycles. The number of carbonyl (C=O) groups is 1. The van der Waals surface area contributed by atoms with Crippen molar-refractivity contribution in [2.24, 2.45) is 0 Å². The molecule has 0 spiro atoms. The van der Waals surface area contributed by atoms with Crippen LogP contribution in [0, 0.1) is 17.0 Å². The van der Waals surface area contributed by atoms with E-state index >= 15 is 0 Å². The minimum absolute atomic E-state index is 0.0182. The molecule has 0 aromatic heterocycles. The van der Waals surface area contributed by atoms with Crippen molar-refractivity contribution in [1.29, 1.82) is 0 Å². The Kier molecular flexibility index (Phi) is 5.50. The first-order chi connectivity index (χ1) is 11.7. The van der Waals surface area contributed by atoms with E-state index in [1.165, 1.54) is 19.1 Å². The topological polar surface area (TPSA) is 118 Å². The molecule has 2 rings (SSSR count). The lowest BCUT2D eigenvalue weighted by Crippen LogP contribution is -2.23. The van der Waals surface area contributed by atoms with Crippen LogP contribution >= 0.6 is 0 Å². The highest BCUT2D eigenvalue weighted by molar-refractivity contribution is 7.89. The number of carbonyl (C=O) groups excluding carboxylic acids is 1. The van der Waals surface area contributed by atoms with E-state index in [1.807, 2.05) is 0 Å². The molecule has 0 unspecified atom stereocenters. The maximum Gasteiger partial charge on any atom is 0.273 e. The first-order valence-corrected chi connectivity index (χ1v) is 8.78. The van der Waals surface area contributed by atoms with Gasteiger partial charge in [0.25, 0.3) is 5.69 Å². The summed E-state index contributed by atoms with van der Waals surface area (Å²) in [6.07, 6.45) is 0. The Balaban J connectivity index is 2.13. The Morgan fingerprint density at radius 3 is 2.36 bits per heavy atom. The van der Waals surface area contributed by atoms with Crippen LogP contribution in [0.25, 0.3) is 0 Å². The first-order valence-electron chi connectivity index (χ1n) is 7.30. The van der Waals surface area contributed by atoms with Crippen molar-refractivity contribution in [1.82, 2.24) is 4.72 Å². The van der Waals surface area contributed by atoms with Crippen molar-refractivity contribution in [3.05, 3.63) is 63.7 Å². The van der Waals surface area contributed by atoms with E-state index in [-0.39, 0.29) is 23.0 Å². The Bertz CT molecular complexity index is 908. The molecule has 0 aliphatic heterocycles. The molecular formula is C16H17N3O5S. The second kappa shape index (κ2) is 7.41. The molecule has 2 aromatic rings. The molecule has 0 heterocycles. The van der Waals surface area contributed by atoms with Gasteiger partial charge < -0.3 is 5.32 Å². The fraction of sp³-hybridized carbons (Fsp3) is 0.188.